The van der Waals surface area contributed by atoms with Gasteiger partial charge in [-0.15, -0.1) is 0 Å². The van der Waals surface area contributed by atoms with Crippen LogP contribution in [0, 0.1) is 0 Å². The van der Waals surface area contributed by atoms with E-state index in [4.69, 9.17) is 11.6 Å². The van der Waals surface area contributed by atoms with Crippen LogP contribution in [0.25, 0.3) is 0 Å². The molecular formula is C10H14BrClN2O4S2. The molecule has 0 saturated heterocycles. The van der Waals surface area contributed by atoms with E-state index in [2.05, 4.69) is 20.7 Å². The van der Waals surface area contributed by atoms with E-state index < -0.39 is 20.0 Å². The average Bonchev–Trinajstić information content (AvgIpc) is 2.31. The summed E-state index contributed by atoms with van der Waals surface area (Å²) in [5, 5.41) is 0.388. The maximum absolute atomic E-state index is 12.0. The second-order valence-electron chi connectivity index (χ2n) is 4.07. The first-order chi connectivity index (χ1) is 9.06. The minimum Gasteiger partial charge on any atom is -0.212 e. The lowest BCUT2D eigenvalue weighted by atomic mass is 10.4. The monoisotopic (exact) mass is 404 g/mol. The molecule has 114 valence electrons. The van der Waals surface area contributed by atoms with Crippen LogP contribution in [0.15, 0.2) is 27.6 Å². The van der Waals surface area contributed by atoms with Crippen LogP contribution in [0.5, 0.6) is 0 Å². The maximum Gasteiger partial charge on any atom is 0.240 e. The predicted molar refractivity (Wildman–Crippen MR) is 81.8 cm³/mol. The van der Waals surface area contributed by atoms with E-state index in [9.17, 15) is 16.8 Å². The van der Waals surface area contributed by atoms with Gasteiger partial charge in [0.15, 0.2) is 0 Å². The Balaban J connectivity index is 2.79. The molecule has 0 radical (unpaired) electrons. The molecule has 1 N–H and O–H groups in total. The lowest BCUT2D eigenvalue weighted by molar-refractivity contribution is 0.519. The van der Waals surface area contributed by atoms with Crippen molar-refractivity contribution >= 4 is 47.6 Å². The number of benzene rings is 1. The molecule has 0 heterocycles. The van der Waals surface area contributed by atoms with E-state index in [-0.39, 0.29) is 17.2 Å². The highest BCUT2D eigenvalue weighted by Crippen LogP contribution is 2.25. The molecule has 0 fully saturated rings. The smallest absolute Gasteiger partial charge is 0.212 e. The molecule has 6 nitrogen and oxygen atoms in total. The number of nitrogens with zero attached hydrogens (tertiary/aromatic N) is 1. The van der Waals surface area contributed by atoms with E-state index in [0.717, 1.165) is 4.31 Å². The van der Waals surface area contributed by atoms with Gasteiger partial charge in [0, 0.05) is 25.1 Å². The zero-order chi connectivity index (χ0) is 15.6. The van der Waals surface area contributed by atoms with E-state index in [1.807, 2.05) is 0 Å². The summed E-state index contributed by atoms with van der Waals surface area (Å²) >= 11 is 8.91. The minimum absolute atomic E-state index is 0.0102. The highest BCUT2D eigenvalue weighted by Gasteiger charge is 2.18. The summed E-state index contributed by atoms with van der Waals surface area (Å²) in [5.41, 5.74) is 0. The van der Waals surface area contributed by atoms with E-state index in [1.165, 1.54) is 32.3 Å². The van der Waals surface area contributed by atoms with Gasteiger partial charge in [0.1, 0.15) is 0 Å². The molecule has 20 heavy (non-hydrogen) atoms. The van der Waals surface area contributed by atoms with Gasteiger partial charge >= 0.3 is 0 Å². The lowest BCUT2D eigenvalue weighted by Gasteiger charge is -2.12. The number of hydrogen-bond donors (Lipinski definition) is 1. The van der Waals surface area contributed by atoms with E-state index in [0.29, 0.717) is 9.50 Å². The average molecular weight is 406 g/mol. The zero-order valence-electron chi connectivity index (χ0n) is 10.8. The number of hydrogen-bond acceptors (Lipinski definition) is 4. The van der Waals surface area contributed by atoms with Gasteiger partial charge < -0.3 is 0 Å². The third kappa shape index (κ3) is 4.68. The Bertz CT molecular complexity index is 689. The van der Waals surface area contributed by atoms with Crippen LogP contribution in [0.2, 0.25) is 5.02 Å². The number of sulfonamides is 2. The van der Waals surface area contributed by atoms with Gasteiger partial charge in [-0.2, -0.15) is 0 Å². The van der Waals surface area contributed by atoms with Crippen LogP contribution in [-0.2, 0) is 20.0 Å². The molecule has 0 aliphatic rings. The van der Waals surface area contributed by atoms with E-state index in [1.54, 1.807) is 0 Å². The van der Waals surface area contributed by atoms with Crippen LogP contribution in [-0.4, -0.2) is 47.5 Å². The summed E-state index contributed by atoms with van der Waals surface area (Å²) < 4.78 is 50.7. The standard InChI is InChI=1S/C10H14BrClN2O4S2/c1-14(2)19(15,16)6-5-13-20(17,18)8-3-4-10(12)9(11)7-8/h3-4,7,13H,5-6H2,1-2H3. The molecule has 0 aliphatic heterocycles. The van der Waals surface area contributed by atoms with Crippen molar-refractivity contribution < 1.29 is 16.8 Å². The molecule has 1 aromatic carbocycles. The van der Waals surface area contributed by atoms with Crippen LogP contribution >= 0.6 is 27.5 Å². The third-order valence-corrected chi connectivity index (χ3v) is 6.92. The van der Waals surface area contributed by atoms with Gasteiger partial charge in [0.25, 0.3) is 0 Å². The number of halogens is 2. The van der Waals surface area contributed by atoms with Gasteiger partial charge in [-0.3, -0.25) is 0 Å². The van der Waals surface area contributed by atoms with Crippen molar-refractivity contribution in [2.45, 2.75) is 4.90 Å². The van der Waals surface area contributed by atoms with Crippen molar-refractivity contribution in [3.05, 3.63) is 27.7 Å². The van der Waals surface area contributed by atoms with Crippen molar-refractivity contribution in [2.24, 2.45) is 0 Å². The zero-order valence-corrected chi connectivity index (χ0v) is 14.8. The molecule has 0 amide bonds. The van der Waals surface area contributed by atoms with Crippen LogP contribution in [0.4, 0.5) is 0 Å². The highest BCUT2D eigenvalue weighted by atomic mass is 79.9. The molecule has 0 spiro atoms. The van der Waals surface area contributed by atoms with Gasteiger partial charge in [0.2, 0.25) is 20.0 Å². The highest BCUT2D eigenvalue weighted by molar-refractivity contribution is 9.10. The van der Waals surface area contributed by atoms with E-state index >= 15 is 0 Å². The molecule has 0 aromatic heterocycles. The Hall–Kier alpha value is -0.190. The van der Waals surface area contributed by atoms with Gasteiger partial charge in [0.05, 0.1) is 15.7 Å². The fourth-order valence-corrected chi connectivity index (χ4v) is 3.77. The Morgan fingerprint density at radius 3 is 2.35 bits per heavy atom. The predicted octanol–water partition coefficient (Wildman–Crippen LogP) is 1.27. The normalized spacial score (nSPS) is 12.8. The Morgan fingerprint density at radius 2 is 1.85 bits per heavy atom. The maximum atomic E-state index is 12.0. The molecule has 0 saturated carbocycles. The van der Waals surface area contributed by atoms with Crippen molar-refractivity contribution in [1.29, 1.82) is 0 Å². The van der Waals surface area contributed by atoms with Crippen LogP contribution in [0.3, 0.4) is 0 Å². The Morgan fingerprint density at radius 1 is 1.25 bits per heavy atom. The van der Waals surface area contributed by atoms with Crippen molar-refractivity contribution in [1.82, 2.24) is 9.03 Å². The first-order valence-corrected chi connectivity index (χ1v) is 9.67. The molecule has 0 atom stereocenters. The summed E-state index contributed by atoms with van der Waals surface area (Å²) in [4.78, 5) is 0.0102. The Labute approximate surface area is 132 Å². The fourth-order valence-electron chi connectivity index (χ4n) is 1.21. The van der Waals surface area contributed by atoms with Crippen molar-refractivity contribution in [3.63, 3.8) is 0 Å². The fraction of sp³-hybridized carbons (Fsp3) is 0.400. The van der Waals surface area contributed by atoms with Crippen LogP contribution < -0.4 is 4.72 Å². The molecule has 0 aliphatic carbocycles. The second-order valence-corrected chi connectivity index (χ2v) is 9.40. The summed E-state index contributed by atoms with van der Waals surface area (Å²) in [7, 11) is -4.43. The topological polar surface area (TPSA) is 83.6 Å². The summed E-state index contributed by atoms with van der Waals surface area (Å²) in [6.45, 7) is -0.205. The molecule has 0 bridgehead atoms. The largest absolute Gasteiger partial charge is 0.240 e. The van der Waals surface area contributed by atoms with Gasteiger partial charge in [-0.25, -0.2) is 25.9 Å². The van der Waals surface area contributed by atoms with Gasteiger partial charge in [-0.1, -0.05) is 11.6 Å². The number of nitrogens with one attached hydrogen (secondary N) is 1. The quantitative estimate of drug-likeness (QED) is 0.772. The molecular weight excluding hydrogens is 392 g/mol. The first kappa shape index (κ1) is 17.9. The third-order valence-electron chi connectivity index (χ3n) is 2.41. The lowest BCUT2D eigenvalue weighted by Crippen LogP contribution is -2.33. The number of rotatable bonds is 6. The Kier molecular flexibility index (Phi) is 6.00. The molecule has 0 unspecified atom stereocenters. The van der Waals surface area contributed by atoms with Gasteiger partial charge in [-0.05, 0) is 34.1 Å². The molecule has 10 heteroatoms. The first-order valence-electron chi connectivity index (χ1n) is 5.41. The van der Waals surface area contributed by atoms with Crippen molar-refractivity contribution in [2.75, 3.05) is 26.4 Å². The molecule has 1 rings (SSSR count). The van der Waals surface area contributed by atoms with Crippen LogP contribution in [0.1, 0.15) is 0 Å². The minimum atomic E-state index is -3.77. The summed E-state index contributed by atoms with van der Waals surface area (Å²) in [6, 6.07) is 4.14. The van der Waals surface area contributed by atoms with Crippen molar-refractivity contribution in [3.8, 4) is 0 Å². The summed E-state index contributed by atoms with van der Waals surface area (Å²) in [5.74, 6) is -0.312. The molecule has 1 aromatic rings. The summed E-state index contributed by atoms with van der Waals surface area (Å²) in [6.07, 6.45) is 0. The SMILES string of the molecule is CN(C)S(=O)(=O)CCNS(=O)(=O)c1ccc(Cl)c(Br)c1. The second kappa shape index (κ2) is 6.71.